The van der Waals surface area contributed by atoms with Gasteiger partial charge in [0.05, 0.1) is 72.5 Å². The lowest BCUT2D eigenvalue weighted by Crippen LogP contribution is -2.39. The topological polar surface area (TPSA) is 172 Å². The van der Waals surface area contributed by atoms with E-state index >= 15 is 0 Å². The number of unbranched alkanes of at least 4 members (excludes halogenated alkanes) is 7. The van der Waals surface area contributed by atoms with Crippen LogP contribution in [0.4, 0.5) is 35.1 Å². The first-order chi connectivity index (χ1) is 59.2. The Hall–Kier alpha value is -12.0. The number of aliphatic hydroxyl groups is 1. The molecule has 0 amide bonds. The van der Waals surface area contributed by atoms with Gasteiger partial charge in [0.1, 0.15) is 28.7 Å². The van der Waals surface area contributed by atoms with E-state index in [9.17, 15) is 59.4 Å². The minimum absolute atomic E-state index is 0.00605. The molecule has 11 aromatic rings. The highest BCUT2D eigenvalue weighted by Gasteiger charge is 2.36. The minimum atomic E-state index is -2.30. The second-order valence-corrected chi connectivity index (χ2v) is 30.9. The van der Waals surface area contributed by atoms with Crippen molar-refractivity contribution in [1.29, 1.82) is 0 Å². The third kappa shape index (κ3) is 25.4. The lowest BCUT2D eigenvalue weighted by Gasteiger charge is -2.36. The Labute approximate surface area is 720 Å². The number of halogens is 8. The highest BCUT2D eigenvalue weighted by Crippen LogP contribution is 2.43. The summed E-state index contributed by atoms with van der Waals surface area (Å²) in [6.07, 6.45) is 8.88. The Bertz CT molecular complexity index is 5270. The molecule has 1 saturated heterocycles. The monoisotopic (exact) mass is 1710 g/mol. The van der Waals surface area contributed by atoms with Crippen LogP contribution in [0.15, 0.2) is 182 Å². The van der Waals surface area contributed by atoms with Crippen molar-refractivity contribution in [3.63, 3.8) is 0 Å². The van der Waals surface area contributed by atoms with Crippen LogP contribution in [0.25, 0.3) is 33.4 Å². The molecule has 124 heavy (non-hydrogen) atoms. The number of benzene rings is 11. The van der Waals surface area contributed by atoms with Crippen molar-refractivity contribution in [2.45, 2.75) is 192 Å². The van der Waals surface area contributed by atoms with Crippen molar-refractivity contribution in [3.8, 4) is 73.6 Å². The van der Waals surface area contributed by atoms with Crippen LogP contribution >= 0.6 is 0 Å². The number of aliphatic hydroxyl groups excluding tert-OH is 1. The smallest absolute Gasteiger partial charge is 0.343 e. The predicted molar refractivity (Wildman–Crippen MR) is 464 cm³/mol. The number of ether oxygens (including phenoxy) is 9. The molecule has 654 valence electrons. The zero-order valence-corrected chi connectivity index (χ0v) is 72.6. The molecule has 4 atom stereocenters. The molecule has 0 aliphatic carbocycles. The summed E-state index contributed by atoms with van der Waals surface area (Å²) in [5.41, 5.74) is 14.4. The molecular weight excluding hydrogens is 1600 g/mol. The lowest BCUT2D eigenvalue weighted by molar-refractivity contribution is -0.249. The van der Waals surface area contributed by atoms with Crippen LogP contribution in [0.3, 0.4) is 0 Å². The molecule has 12 rings (SSSR count). The summed E-state index contributed by atoms with van der Waals surface area (Å²) in [5, 5.41) is 9.67. The van der Waals surface area contributed by atoms with E-state index in [-0.39, 0.29) is 25.1 Å². The largest absolute Gasteiger partial charge is 0.497 e. The zero-order chi connectivity index (χ0) is 90.2. The van der Waals surface area contributed by atoms with Crippen molar-refractivity contribution < 1.29 is 102 Å². The Balaban J connectivity index is 0.000000194. The normalized spacial score (nSPS) is 13.6. The van der Waals surface area contributed by atoms with Crippen LogP contribution < -0.4 is 33.2 Å². The van der Waals surface area contributed by atoms with Gasteiger partial charge < -0.3 is 47.7 Å². The Morgan fingerprint density at radius 3 is 1.10 bits per heavy atom. The van der Waals surface area contributed by atoms with Crippen LogP contribution in [0, 0.1) is 123 Å². The summed E-state index contributed by atoms with van der Waals surface area (Å²) in [6, 6.07) is 56.9. The van der Waals surface area contributed by atoms with Gasteiger partial charge in [-0.05, 0) is 256 Å². The van der Waals surface area contributed by atoms with Crippen molar-refractivity contribution in [2.24, 2.45) is 0 Å². The van der Waals surface area contributed by atoms with Crippen LogP contribution in [0.5, 0.6) is 40.2 Å². The molecule has 0 spiro atoms. The Morgan fingerprint density at radius 2 is 0.718 bits per heavy atom. The van der Waals surface area contributed by atoms with E-state index in [2.05, 4.69) is 100 Å². The van der Waals surface area contributed by atoms with Crippen LogP contribution in [0.1, 0.15) is 194 Å². The van der Waals surface area contributed by atoms with Crippen LogP contribution in [0.2, 0.25) is 0 Å². The first kappa shape index (κ1) is 95.8. The van der Waals surface area contributed by atoms with E-state index in [4.69, 9.17) is 37.9 Å². The number of esters is 4. The van der Waals surface area contributed by atoms with Gasteiger partial charge in [-0.2, -0.15) is 17.6 Å². The number of hydrogen-bond acceptors (Lipinski definition) is 14. The third-order valence-corrected chi connectivity index (χ3v) is 21.7. The van der Waals surface area contributed by atoms with E-state index in [0.717, 1.165) is 85.6 Å². The maximum absolute atomic E-state index is 14.7. The molecule has 1 aliphatic rings. The number of carbonyl (C=O) groups excluding carboxylic acids is 4. The van der Waals surface area contributed by atoms with E-state index in [1.54, 1.807) is 113 Å². The van der Waals surface area contributed by atoms with Crippen molar-refractivity contribution >= 4 is 23.9 Å². The fourth-order valence-electron chi connectivity index (χ4n) is 13.9. The summed E-state index contributed by atoms with van der Waals surface area (Å²) >= 11 is 0. The quantitative estimate of drug-likeness (QED) is 0.0161. The second kappa shape index (κ2) is 45.4. The zero-order valence-electron chi connectivity index (χ0n) is 72.6. The average molecular weight is 1710 g/mol. The first-order valence-corrected chi connectivity index (χ1v) is 41.3. The van der Waals surface area contributed by atoms with Gasteiger partial charge in [0.15, 0.2) is 41.1 Å². The van der Waals surface area contributed by atoms with Crippen LogP contribution in [-0.2, 0) is 9.47 Å². The van der Waals surface area contributed by atoms with Gasteiger partial charge in [0.25, 0.3) is 0 Å². The fraction of sp³-hybridized carbons (Fsp3) is 0.314. The first-order valence-electron chi connectivity index (χ1n) is 41.3. The summed E-state index contributed by atoms with van der Waals surface area (Å²) < 4.78 is 164. The molecule has 1 aliphatic heterocycles. The number of aryl methyl sites for hydroxylation is 5. The predicted octanol–water partition coefficient (Wildman–Crippen LogP) is 25.7. The summed E-state index contributed by atoms with van der Waals surface area (Å²) in [7, 11) is 2.25. The van der Waals surface area contributed by atoms with Gasteiger partial charge >= 0.3 is 23.9 Å². The van der Waals surface area contributed by atoms with Crippen molar-refractivity contribution in [3.05, 3.63) is 312 Å². The van der Waals surface area contributed by atoms with E-state index in [1.165, 1.54) is 44.5 Å². The standard InChI is InChI=1S/C32H40F8O5.C24H22O5.C24H22O4.C22H22/c1-4-18-16-19(15-17(2)41)45-20(44-18)13-11-9-7-5-6-8-10-12-14-43-32-29(39)25(35)22(26(36)30(32)40)21-23(33)27(37)31(42-3)28(38)24(21)34;1-15-5-7-18(8-6-15)23(25)28-21-13-14-22(17(3)16(21)2)29-24(26)19-9-11-20(27-4)12-10-19;1-15-5-9-19(10-6-15)27-23(25)21-13-14-22(18(4)17(21)3)24(26)28-20-11-7-16(2)8-12-20;1-15-5-9-19(10-6-15)21-13-14-22(18(4)17(21)3)20-11-7-16(2)8-12-20/h17-20,41H,4-16H2,1-3H3;5-14H,1-4H3;5-14H,1-4H3;5-14H,1-4H3. The number of carbonyl (C=O) groups is 4. The summed E-state index contributed by atoms with van der Waals surface area (Å²) in [6.45, 7) is 25.3. The van der Waals surface area contributed by atoms with Crippen molar-refractivity contribution in [1.82, 2.24) is 0 Å². The van der Waals surface area contributed by atoms with Gasteiger partial charge in [0.2, 0.25) is 23.3 Å². The Morgan fingerprint density at radius 1 is 0.371 bits per heavy atom. The molecule has 0 radical (unpaired) electrons. The number of rotatable bonds is 28. The second-order valence-electron chi connectivity index (χ2n) is 30.9. The number of hydrogen-bond donors (Lipinski definition) is 1. The Kier molecular flexibility index (Phi) is 35.1. The van der Waals surface area contributed by atoms with E-state index in [0.29, 0.717) is 88.5 Å². The molecule has 0 aromatic heterocycles. The molecule has 1 N–H and O–H groups in total. The minimum Gasteiger partial charge on any atom is -0.497 e. The molecule has 14 nitrogen and oxygen atoms in total. The van der Waals surface area contributed by atoms with Gasteiger partial charge in [-0.1, -0.05) is 170 Å². The van der Waals surface area contributed by atoms with Crippen molar-refractivity contribution in [2.75, 3.05) is 20.8 Å². The summed E-state index contributed by atoms with van der Waals surface area (Å²) in [5.74, 6) is -19.9. The van der Waals surface area contributed by atoms with Gasteiger partial charge in [-0.15, -0.1) is 0 Å². The molecule has 0 saturated carbocycles. The summed E-state index contributed by atoms with van der Waals surface area (Å²) in [4.78, 5) is 49.9. The maximum atomic E-state index is 14.7. The number of methoxy groups -OCH3 is 2. The van der Waals surface area contributed by atoms with E-state index in [1.807, 2.05) is 71.0 Å². The van der Waals surface area contributed by atoms with E-state index < -0.39 is 99.1 Å². The third-order valence-electron chi connectivity index (χ3n) is 21.7. The van der Waals surface area contributed by atoms with Crippen LogP contribution in [-0.4, -0.2) is 74.4 Å². The van der Waals surface area contributed by atoms with Gasteiger partial charge in [-0.3, -0.25) is 0 Å². The average Bonchev–Trinajstić information content (AvgIpc) is 0.740. The fourth-order valence-corrected chi connectivity index (χ4v) is 13.9. The molecule has 1 heterocycles. The molecule has 4 unspecified atom stereocenters. The SMILES string of the molecule is CCC1CC(CC(C)O)OC(CCCCCCCCCCOc2c(F)c(F)c(-c3c(F)c(F)c(OC)c(F)c3F)c(F)c2F)O1.COc1ccc(C(=O)Oc2ccc(OC(=O)c3ccc(C)cc3)c(C)c2C)cc1.Cc1ccc(-c2ccc(-c3ccc(C)cc3)c(C)c2C)cc1.Cc1ccc(OC(=O)c2ccc(C(=O)Oc3ccc(C)cc3)c(C)c2C)cc1. The molecule has 1 fully saturated rings. The molecule has 11 aromatic carbocycles. The molecule has 0 bridgehead atoms. The highest BCUT2D eigenvalue weighted by atomic mass is 19.2. The maximum Gasteiger partial charge on any atom is 0.343 e. The molecule has 22 heteroatoms. The molecular formula is C102H106F8O14. The van der Waals surface area contributed by atoms with Gasteiger partial charge in [-0.25, -0.2) is 36.7 Å². The lowest BCUT2D eigenvalue weighted by atomic mass is 9.90. The highest BCUT2D eigenvalue weighted by molar-refractivity contribution is 5.98. The van der Waals surface area contributed by atoms with Gasteiger partial charge in [0, 0.05) is 6.42 Å².